The average Bonchev–Trinajstić information content (AvgIpc) is 2.21. The van der Waals surface area contributed by atoms with Crippen LogP contribution in [0, 0.1) is 0 Å². The van der Waals surface area contributed by atoms with Gasteiger partial charge in [0, 0.05) is 13.2 Å². The fourth-order valence-electron chi connectivity index (χ4n) is 1.22. The second kappa shape index (κ2) is 5.18. The number of carbonyl (C=O) groups excluding carboxylic acids is 1. The van der Waals surface area contributed by atoms with Gasteiger partial charge in [-0.1, -0.05) is 36.9 Å². The zero-order valence-electron chi connectivity index (χ0n) is 8.07. The maximum Gasteiger partial charge on any atom is 0.196 e. The van der Waals surface area contributed by atoms with E-state index in [2.05, 4.69) is 12.3 Å². The SMILES string of the molecule is C=C=CC(=O)C(OC)c1ccccc1. The molecule has 2 heteroatoms. The van der Waals surface area contributed by atoms with Crippen molar-refractivity contribution in [2.45, 2.75) is 6.10 Å². The first kappa shape index (κ1) is 10.5. The van der Waals surface area contributed by atoms with Gasteiger partial charge in [0.15, 0.2) is 5.78 Å². The molecule has 0 radical (unpaired) electrons. The van der Waals surface area contributed by atoms with Crippen LogP contribution in [0.1, 0.15) is 11.7 Å². The van der Waals surface area contributed by atoms with E-state index in [4.69, 9.17) is 4.74 Å². The van der Waals surface area contributed by atoms with E-state index in [1.165, 1.54) is 13.2 Å². The summed E-state index contributed by atoms with van der Waals surface area (Å²) in [6.07, 6.45) is 0.742. The number of ether oxygens (including phenoxy) is 1. The number of benzene rings is 1. The molecule has 0 aliphatic heterocycles. The molecule has 0 aromatic heterocycles. The molecule has 1 aromatic rings. The van der Waals surface area contributed by atoms with Gasteiger partial charge in [0.05, 0.1) is 0 Å². The molecule has 2 nitrogen and oxygen atoms in total. The highest BCUT2D eigenvalue weighted by Crippen LogP contribution is 2.17. The standard InChI is InChI=1S/C12H12O2/c1-3-7-11(13)12(14-2)10-8-5-4-6-9-10/h4-9,12H,1H2,2H3. The van der Waals surface area contributed by atoms with Crippen LogP contribution in [0.2, 0.25) is 0 Å². The molecule has 1 unspecified atom stereocenters. The Kier molecular flexibility index (Phi) is 3.86. The molecule has 14 heavy (non-hydrogen) atoms. The lowest BCUT2D eigenvalue weighted by molar-refractivity contribution is -0.124. The van der Waals surface area contributed by atoms with Crippen LogP contribution in [0.4, 0.5) is 0 Å². The molecule has 1 aromatic carbocycles. The van der Waals surface area contributed by atoms with E-state index < -0.39 is 6.10 Å². The number of ketones is 1. The maximum atomic E-state index is 11.5. The van der Waals surface area contributed by atoms with E-state index in [-0.39, 0.29) is 5.78 Å². The molecule has 0 fully saturated rings. The highest BCUT2D eigenvalue weighted by Gasteiger charge is 2.16. The minimum Gasteiger partial charge on any atom is -0.369 e. The van der Waals surface area contributed by atoms with E-state index in [1.54, 1.807) is 0 Å². The van der Waals surface area contributed by atoms with Crippen molar-refractivity contribution in [3.8, 4) is 0 Å². The van der Waals surface area contributed by atoms with Gasteiger partial charge >= 0.3 is 0 Å². The van der Waals surface area contributed by atoms with E-state index in [0.717, 1.165) is 5.56 Å². The van der Waals surface area contributed by atoms with Gasteiger partial charge in [-0.05, 0) is 5.56 Å². The summed E-state index contributed by atoms with van der Waals surface area (Å²) in [6, 6.07) is 9.33. The van der Waals surface area contributed by atoms with Crippen LogP contribution in [0.15, 0.2) is 48.7 Å². The summed E-state index contributed by atoms with van der Waals surface area (Å²) >= 11 is 0. The third-order valence-electron chi connectivity index (χ3n) is 1.84. The smallest absolute Gasteiger partial charge is 0.196 e. The van der Waals surface area contributed by atoms with Crippen molar-refractivity contribution in [2.75, 3.05) is 7.11 Å². The van der Waals surface area contributed by atoms with Crippen LogP contribution in [-0.4, -0.2) is 12.9 Å². The molecule has 0 saturated carbocycles. The summed E-state index contributed by atoms with van der Waals surface area (Å²) in [5, 5.41) is 0. The molecule has 1 atom stereocenters. The zero-order valence-corrected chi connectivity index (χ0v) is 8.07. The van der Waals surface area contributed by atoms with E-state index in [1.807, 2.05) is 30.3 Å². The highest BCUT2D eigenvalue weighted by molar-refractivity contribution is 5.94. The van der Waals surface area contributed by atoms with Gasteiger partial charge in [-0.25, -0.2) is 0 Å². The van der Waals surface area contributed by atoms with Crippen LogP contribution in [0.5, 0.6) is 0 Å². The van der Waals surface area contributed by atoms with Crippen molar-refractivity contribution < 1.29 is 9.53 Å². The van der Waals surface area contributed by atoms with Crippen LogP contribution in [0.25, 0.3) is 0 Å². The quantitative estimate of drug-likeness (QED) is 0.535. The van der Waals surface area contributed by atoms with Crippen molar-refractivity contribution >= 4 is 5.78 Å². The van der Waals surface area contributed by atoms with Crippen LogP contribution in [0.3, 0.4) is 0 Å². The molecule has 0 N–H and O–H groups in total. The predicted octanol–water partition coefficient (Wildman–Crippen LogP) is 2.28. The number of hydrogen-bond acceptors (Lipinski definition) is 2. The lowest BCUT2D eigenvalue weighted by Crippen LogP contribution is -2.11. The first-order chi connectivity index (χ1) is 6.79. The topological polar surface area (TPSA) is 26.3 Å². The first-order valence-corrected chi connectivity index (χ1v) is 4.27. The summed E-state index contributed by atoms with van der Waals surface area (Å²) in [5.41, 5.74) is 3.29. The summed E-state index contributed by atoms with van der Waals surface area (Å²) in [4.78, 5) is 11.5. The van der Waals surface area contributed by atoms with Crippen molar-refractivity contribution in [1.29, 1.82) is 0 Å². The maximum absolute atomic E-state index is 11.5. The first-order valence-electron chi connectivity index (χ1n) is 4.27. The number of carbonyl (C=O) groups is 1. The molecule has 0 heterocycles. The van der Waals surface area contributed by atoms with Crippen molar-refractivity contribution in [2.24, 2.45) is 0 Å². The van der Waals surface area contributed by atoms with Crippen LogP contribution in [-0.2, 0) is 9.53 Å². The Hall–Kier alpha value is -1.63. The Morgan fingerprint density at radius 1 is 1.50 bits per heavy atom. The molecule has 0 aliphatic carbocycles. The van der Waals surface area contributed by atoms with Crippen LogP contribution < -0.4 is 0 Å². The van der Waals surface area contributed by atoms with Gasteiger partial charge < -0.3 is 4.74 Å². The Morgan fingerprint density at radius 3 is 2.64 bits per heavy atom. The summed E-state index contributed by atoms with van der Waals surface area (Å²) in [6.45, 7) is 3.35. The second-order valence-electron chi connectivity index (χ2n) is 2.78. The highest BCUT2D eigenvalue weighted by atomic mass is 16.5. The van der Waals surface area contributed by atoms with Crippen molar-refractivity contribution in [1.82, 2.24) is 0 Å². The largest absolute Gasteiger partial charge is 0.369 e. The zero-order chi connectivity index (χ0) is 10.4. The average molecular weight is 188 g/mol. The second-order valence-corrected chi connectivity index (χ2v) is 2.78. The van der Waals surface area contributed by atoms with E-state index in [0.29, 0.717) is 0 Å². The van der Waals surface area contributed by atoms with Crippen molar-refractivity contribution in [3.63, 3.8) is 0 Å². The molecule has 0 amide bonds. The fourth-order valence-corrected chi connectivity index (χ4v) is 1.22. The van der Waals surface area contributed by atoms with Gasteiger partial charge in [0.2, 0.25) is 0 Å². The molecule has 0 spiro atoms. The van der Waals surface area contributed by atoms with E-state index in [9.17, 15) is 4.79 Å². The van der Waals surface area contributed by atoms with Gasteiger partial charge in [-0.15, -0.1) is 5.73 Å². The Morgan fingerprint density at radius 2 is 2.14 bits per heavy atom. The van der Waals surface area contributed by atoms with E-state index >= 15 is 0 Å². The lowest BCUT2D eigenvalue weighted by Gasteiger charge is -2.11. The number of rotatable bonds is 4. The monoisotopic (exact) mass is 188 g/mol. The Bertz CT molecular complexity index is 348. The molecule has 0 bridgehead atoms. The number of methoxy groups -OCH3 is 1. The Balaban J connectivity index is 2.93. The third kappa shape index (κ3) is 2.43. The fraction of sp³-hybridized carbons (Fsp3) is 0.167. The van der Waals surface area contributed by atoms with Gasteiger partial charge in [0.1, 0.15) is 6.10 Å². The lowest BCUT2D eigenvalue weighted by atomic mass is 10.1. The minimum absolute atomic E-state index is 0.145. The number of hydrogen-bond donors (Lipinski definition) is 0. The van der Waals surface area contributed by atoms with Gasteiger partial charge in [0.25, 0.3) is 0 Å². The molecule has 0 aliphatic rings. The summed E-state index contributed by atoms with van der Waals surface area (Å²) in [5.74, 6) is -0.145. The Labute approximate surface area is 83.5 Å². The predicted molar refractivity (Wildman–Crippen MR) is 54.9 cm³/mol. The molecular formula is C12H12O2. The molecule has 1 rings (SSSR count). The molecular weight excluding hydrogens is 176 g/mol. The molecule has 0 saturated heterocycles. The summed E-state index contributed by atoms with van der Waals surface area (Å²) < 4.78 is 5.10. The van der Waals surface area contributed by atoms with Gasteiger partial charge in [-0.3, -0.25) is 4.79 Å². The van der Waals surface area contributed by atoms with Crippen LogP contribution >= 0.6 is 0 Å². The minimum atomic E-state index is -0.551. The van der Waals surface area contributed by atoms with Gasteiger partial charge in [-0.2, -0.15) is 0 Å². The normalized spacial score (nSPS) is 11.5. The summed E-state index contributed by atoms with van der Waals surface area (Å²) in [7, 11) is 1.51. The third-order valence-corrected chi connectivity index (χ3v) is 1.84. The van der Waals surface area contributed by atoms with Crippen molar-refractivity contribution in [3.05, 3.63) is 54.3 Å². The molecule has 72 valence electrons.